The summed E-state index contributed by atoms with van der Waals surface area (Å²) in [7, 11) is 1.61. The van der Waals surface area contributed by atoms with Gasteiger partial charge in [-0.1, -0.05) is 36.9 Å². The van der Waals surface area contributed by atoms with E-state index in [2.05, 4.69) is 6.58 Å². The van der Waals surface area contributed by atoms with Crippen LogP contribution in [-0.4, -0.2) is 32.7 Å². The van der Waals surface area contributed by atoms with Gasteiger partial charge in [0.25, 0.3) is 0 Å². The van der Waals surface area contributed by atoms with Crippen molar-refractivity contribution in [3.63, 3.8) is 0 Å². The Hall–Kier alpha value is -1.20. The van der Waals surface area contributed by atoms with Gasteiger partial charge in [0, 0.05) is 19.3 Å². The fraction of sp³-hybridized carbons (Fsp3) is 0.467. The Kier molecular flexibility index (Phi) is 7.36. The van der Waals surface area contributed by atoms with Crippen molar-refractivity contribution in [3.8, 4) is 0 Å². The minimum Gasteiger partial charge on any atom is -0.382 e. The first kappa shape index (κ1) is 15.9. The van der Waals surface area contributed by atoms with Gasteiger partial charge in [-0.15, -0.1) is 0 Å². The van der Waals surface area contributed by atoms with Gasteiger partial charge in [0.2, 0.25) is 6.29 Å². The minimum atomic E-state index is -0.619. The van der Waals surface area contributed by atoms with E-state index < -0.39 is 6.29 Å². The highest BCUT2D eigenvalue weighted by molar-refractivity contribution is 5.65. The molecule has 0 saturated carbocycles. The van der Waals surface area contributed by atoms with Crippen LogP contribution in [0.5, 0.6) is 0 Å². The third-order valence-corrected chi connectivity index (χ3v) is 2.46. The first-order chi connectivity index (χ1) is 9.19. The Morgan fingerprint density at radius 3 is 2.47 bits per heavy atom. The summed E-state index contributed by atoms with van der Waals surface area (Å²) < 4.78 is 10.5. The summed E-state index contributed by atoms with van der Waals surface area (Å²) in [6.07, 6.45) is -0.789. The molecule has 1 aromatic rings. The van der Waals surface area contributed by atoms with Crippen LogP contribution in [0, 0.1) is 0 Å². The third-order valence-electron chi connectivity index (χ3n) is 2.46. The first-order valence-corrected chi connectivity index (χ1v) is 6.35. The quantitative estimate of drug-likeness (QED) is 0.391. The number of hydrogen-bond acceptors (Lipinski definition) is 4. The lowest BCUT2D eigenvalue weighted by Crippen LogP contribution is -2.24. The molecule has 1 aromatic carbocycles. The monoisotopic (exact) mass is 266 g/mol. The predicted molar refractivity (Wildman–Crippen MR) is 74.4 cm³/mol. The van der Waals surface area contributed by atoms with Gasteiger partial charge in [-0.2, -0.15) is 4.89 Å². The molecule has 2 unspecified atom stereocenters. The van der Waals surface area contributed by atoms with Crippen molar-refractivity contribution in [2.45, 2.75) is 26.2 Å². The van der Waals surface area contributed by atoms with Crippen molar-refractivity contribution in [2.24, 2.45) is 0 Å². The van der Waals surface area contributed by atoms with Crippen molar-refractivity contribution < 1.29 is 19.2 Å². The van der Waals surface area contributed by atoms with Crippen LogP contribution in [-0.2, 0) is 19.2 Å². The Bertz CT molecular complexity index is 364. The molecule has 19 heavy (non-hydrogen) atoms. The normalized spacial score (nSPS) is 14.1. The standard InChI is InChI=1S/C15H22O4/c1-5-17-15(19-18-12(2)11-16-4)13(3)14-9-7-6-8-10-14/h6-10,12,15H,3,5,11H2,1-2,4H3. The van der Waals surface area contributed by atoms with Gasteiger partial charge in [0.15, 0.2) is 0 Å². The average Bonchev–Trinajstić information content (AvgIpc) is 2.44. The first-order valence-electron chi connectivity index (χ1n) is 6.35. The Labute approximate surface area is 114 Å². The topological polar surface area (TPSA) is 36.9 Å². The van der Waals surface area contributed by atoms with E-state index in [0.717, 1.165) is 11.1 Å². The van der Waals surface area contributed by atoms with Gasteiger partial charge in [0.05, 0.1) is 6.61 Å². The molecule has 0 aliphatic rings. The van der Waals surface area contributed by atoms with Gasteiger partial charge in [-0.05, 0) is 19.4 Å². The molecule has 0 spiro atoms. The lowest BCUT2D eigenvalue weighted by Gasteiger charge is -2.21. The van der Waals surface area contributed by atoms with Crippen LogP contribution in [0.4, 0.5) is 0 Å². The zero-order valence-corrected chi connectivity index (χ0v) is 11.8. The van der Waals surface area contributed by atoms with Crippen molar-refractivity contribution >= 4 is 5.57 Å². The number of rotatable bonds is 9. The predicted octanol–water partition coefficient (Wildman–Crippen LogP) is 3.05. The lowest BCUT2D eigenvalue weighted by atomic mass is 10.1. The SMILES string of the molecule is C=C(c1ccccc1)C(OCC)OOC(C)COC. The summed E-state index contributed by atoms with van der Waals surface area (Å²) >= 11 is 0. The summed E-state index contributed by atoms with van der Waals surface area (Å²) in [5.41, 5.74) is 1.69. The molecule has 4 nitrogen and oxygen atoms in total. The second kappa shape index (κ2) is 8.82. The summed E-state index contributed by atoms with van der Waals surface area (Å²) in [6, 6.07) is 9.74. The third kappa shape index (κ3) is 5.53. The van der Waals surface area contributed by atoms with E-state index in [1.54, 1.807) is 7.11 Å². The maximum atomic E-state index is 5.50. The molecule has 0 amide bonds. The van der Waals surface area contributed by atoms with Gasteiger partial charge >= 0.3 is 0 Å². The van der Waals surface area contributed by atoms with E-state index in [1.807, 2.05) is 44.2 Å². The molecule has 0 aliphatic heterocycles. The molecule has 0 radical (unpaired) electrons. The molecular weight excluding hydrogens is 244 g/mol. The van der Waals surface area contributed by atoms with Crippen LogP contribution in [0.3, 0.4) is 0 Å². The number of hydrogen-bond donors (Lipinski definition) is 0. The Balaban J connectivity index is 2.59. The van der Waals surface area contributed by atoms with Crippen molar-refractivity contribution in [1.29, 1.82) is 0 Å². The van der Waals surface area contributed by atoms with E-state index in [-0.39, 0.29) is 6.10 Å². The smallest absolute Gasteiger partial charge is 0.217 e. The van der Waals surface area contributed by atoms with Crippen LogP contribution in [0.25, 0.3) is 5.57 Å². The van der Waals surface area contributed by atoms with Crippen molar-refractivity contribution in [1.82, 2.24) is 0 Å². The van der Waals surface area contributed by atoms with E-state index in [1.165, 1.54) is 0 Å². The Morgan fingerprint density at radius 1 is 1.21 bits per heavy atom. The van der Waals surface area contributed by atoms with Gasteiger partial charge in [0.1, 0.15) is 6.10 Å². The maximum absolute atomic E-state index is 5.50. The number of benzene rings is 1. The molecule has 106 valence electrons. The highest BCUT2D eigenvalue weighted by Gasteiger charge is 2.17. The van der Waals surface area contributed by atoms with Crippen LogP contribution in [0.15, 0.2) is 36.9 Å². The Morgan fingerprint density at radius 2 is 1.89 bits per heavy atom. The summed E-state index contributed by atoms with van der Waals surface area (Å²) in [4.78, 5) is 10.5. The van der Waals surface area contributed by atoms with Crippen molar-refractivity contribution in [3.05, 3.63) is 42.5 Å². The van der Waals surface area contributed by atoms with E-state index in [9.17, 15) is 0 Å². The molecule has 0 saturated heterocycles. The molecule has 0 heterocycles. The second-order valence-electron chi connectivity index (χ2n) is 4.14. The summed E-state index contributed by atoms with van der Waals surface area (Å²) in [5, 5.41) is 0. The lowest BCUT2D eigenvalue weighted by molar-refractivity contribution is -0.382. The largest absolute Gasteiger partial charge is 0.382 e. The zero-order chi connectivity index (χ0) is 14.1. The van der Waals surface area contributed by atoms with Crippen LogP contribution in [0.1, 0.15) is 19.4 Å². The molecule has 0 fully saturated rings. The minimum absolute atomic E-state index is 0.170. The van der Waals surface area contributed by atoms with Crippen LogP contribution < -0.4 is 0 Å². The molecule has 4 heteroatoms. The fourth-order valence-corrected chi connectivity index (χ4v) is 1.53. The van der Waals surface area contributed by atoms with Crippen LogP contribution in [0.2, 0.25) is 0 Å². The molecule has 2 atom stereocenters. The molecule has 0 aromatic heterocycles. The van der Waals surface area contributed by atoms with Gasteiger partial charge < -0.3 is 9.47 Å². The van der Waals surface area contributed by atoms with E-state index >= 15 is 0 Å². The zero-order valence-electron chi connectivity index (χ0n) is 11.8. The van der Waals surface area contributed by atoms with Gasteiger partial charge in [-0.25, -0.2) is 4.89 Å². The van der Waals surface area contributed by atoms with Crippen molar-refractivity contribution in [2.75, 3.05) is 20.3 Å². The number of ether oxygens (including phenoxy) is 2. The van der Waals surface area contributed by atoms with Crippen LogP contribution >= 0.6 is 0 Å². The van der Waals surface area contributed by atoms with E-state index in [4.69, 9.17) is 19.2 Å². The fourth-order valence-electron chi connectivity index (χ4n) is 1.53. The second-order valence-corrected chi connectivity index (χ2v) is 4.14. The average molecular weight is 266 g/mol. The maximum Gasteiger partial charge on any atom is 0.217 e. The molecule has 0 aliphatic carbocycles. The molecule has 1 rings (SSSR count). The van der Waals surface area contributed by atoms with E-state index in [0.29, 0.717) is 13.2 Å². The highest BCUT2D eigenvalue weighted by Crippen LogP contribution is 2.20. The molecular formula is C15H22O4. The summed E-state index contributed by atoms with van der Waals surface area (Å²) in [5.74, 6) is 0. The highest BCUT2D eigenvalue weighted by atomic mass is 17.2. The summed E-state index contributed by atoms with van der Waals surface area (Å²) in [6.45, 7) is 8.73. The molecule has 0 bridgehead atoms. The molecule has 0 N–H and O–H groups in total. The van der Waals surface area contributed by atoms with Gasteiger partial charge in [-0.3, -0.25) is 0 Å². The number of methoxy groups -OCH3 is 1.